The Hall–Kier alpha value is -3.41. The number of benzene rings is 3. The molecule has 4 aromatic rings. The molecule has 1 aromatic heterocycles. The Morgan fingerprint density at radius 3 is 2.23 bits per heavy atom. The number of hydrogen-bond donors (Lipinski definition) is 2. The molecule has 0 radical (unpaired) electrons. The van der Waals surface area contributed by atoms with Crippen LogP contribution in [0.25, 0.3) is 22.5 Å². The number of carboxylic acid groups (broad SMARTS) is 1. The summed E-state index contributed by atoms with van der Waals surface area (Å²) in [6.07, 6.45) is 0. The van der Waals surface area contributed by atoms with Crippen LogP contribution in [0.2, 0.25) is 5.15 Å². The molecule has 0 saturated carbocycles. The third-order valence-electron chi connectivity index (χ3n) is 4.97. The molecule has 2 N–H and O–H groups in total. The summed E-state index contributed by atoms with van der Waals surface area (Å²) < 4.78 is 1.90. The number of aliphatic hydroxyl groups is 1. The standard InChI is InChI=1S/C24H19ClN2O3/c25-22-21(15-28)27(23(26-22)18-6-2-1-3-7-18)14-16-10-12-17(13-11-16)19-8-4-5-9-20(19)24(29)30/h1-13,28H,14-15H2,(H,29,30). The average molecular weight is 419 g/mol. The average Bonchev–Trinajstić information content (AvgIpc) is 3.09. The van der Waals surface area contributed by atoms with Gasteiger partial charge in [-0.15, -0.1) is 0 Å². The number of rotatable bonds is 6. The van der Waals surface area contributed by atoms with Gasteiger partial charge in [0, 0.05) is 12.1 Å². The molecule has 0 atom stereocenters. The highest BCUT2D eigenvalue weighted by Gasteiger charge is 2.17. The number of aromatic carboxylic acids is 1. The highest BCUT2D eigenvalue weighted by atomic mass is 35.5. The lowest BCUT2D eigenvalue weighted by Gasteiger charge is -2.12. The van der Waals surface area contributed by atoms with E-state index in [1.54, 1.807) is 18.2 Å². The Bertz CT molecular complexity index is 1190. The molecule has 0 fully saturated rings. The SMILES string of the molecule is O=C(O)c1ccccc1-c1ccc(Cn2c(-c3ccccc3)nc(Cl)c2CO)cc1. The predicted octanol–water partition coefficient (Wildman–Crippen LogP) is 5.11. The van der Waals surface area contributed by atoms with Crippen LogP contribution in [0.1, 0.15) is 21.6 Å². The lowest BCUT2D eigenvalue weighted by molar-refractivity contribution is 0.0697. The van der Waals surface area contributed by atoms with E-state index in [1.165, 1.54) is 0 Å². The number of halogens is 1. The summed E-state index contributed by atoms with van der Waals surface area (Å²) >= 11 is 6.27. The fourth-order valence-electron chi connectivity index (χ4n) is 3.48. The van der Waals surface area contributed by atoms with Gasteiger partial charge in [-0.2, -0.15) is 0 Å². The number of hydrogen-bond acceptors (Lipinski definition) is 3. The van der Waals surface area contributed by atoms with Crippen LogP contribution in [0.4, 0.5) is 0 Å². The summed E-state index contributed by atoms with van der Waals surface area (Å²) in [5.74, 6) is -0.271. The topological polar surface area (TPSA) is 75.3 Å². The van der Waals surface area contributed by atoms with E-state index in [-0.39, 0.29) is 17.3 Å². The van der Waals surface area contributed by atoms with Gasteiger partial charge < -0.3 is 14.8 Å². The Labute approximate surface area is 178 Å². The third-order valence-corrected chi connectivity index (χ3v) is 5.27. The molecule has 4 rings (SSSR count). The molecule has 0 spiro atoms. The molecular weight excluding hydrogens is 400 g/mol. The second-order valence-corrected chi connectivity index (χ2v) is 7.19. The van der Waals surface area contributed by atoms with E-state index >= 15 is 0 Å². The Morgan fingerprint density at radius 2 is 1.57 bits per heavy atom. The van der Waals surface area contributed by atoms with E-state index in [9.17, 15) is 15.0 Å². The number of carboxylic acids is 1. The fourth-order valence-corrected chi connectivity index (χ4v) is 3.72. The summed E-state index contributed by atoms with van der Waals surface area (Å²) in [4.78, 5) is 15.9. The van der Waals surface area contributed by atoms with Crippen LogP contribution >= 0.6 is 11.6 Å². The molecule has 1 heterocycles. The number of nitrogens with zero attached hydrogens (tertiary/aromatic N) is 2. The Balaban J connectivity index is 1.69. The van der Waals surface area contributed by atoms with Crippen molar-refractivity contribution in [1.82, 2.24) is 9.55 Å². The minimum Gasteiger partial charge on any atom is -0.478 e. The largest absolute Gasteiger partial charge is 0.478 e. The van der Waals surface area contributed by atoms with Gasteiger partial charge in [-0.05, 0) is 22.8 Å². The normalized spacial score (nSPS) is 10.9. The first-order valence-electron chi connectivity index (χ1n) is 9.41. The number of imidazole rings is 1. The zero-order chi connectivity index (χ0) is 21.1. The lowest BCUT2D eigenvalue weighted by Crippen LogP contribution is -2.07. The van der Waals surface area contributed by atoms with Crippen LogP contribution in [0, 0.1) is 0 Å². The van der Waals surface area contributed by atoms with E-state index in [0.29, 0.717) is 23.6 Å². The molecule has 150 valence electrons. The molecule has 3 aromatic carbocycles. The first kappa shape index (κ1) is 19.9. The number of carbonyl (C=O) groups is 1. The van der Waals surface area contributed by atoms with Gasteiger partial charge in [-0.3, -0.25) is 0 Å². The molecule has 0 saturated heterocycles. The maximum Gasteiger partial charge on any atom is 0.336 e. The van der Waals surface area contributed by atoms with Gasteiger partial charge in [0.05, 0.1) is 17.9 Å². The molecule has 0 aliphatic carbocycles. The highest BCUT2D eigenvalue weighted by Crippen LogP contribution is 2.28. The summed E-state index contributed by atoms with van der Waals surface area (Å²) in [5, 5.41) is 19.5. The fraction of sp³-hybridized carbons (Fsp3) is 0.0833. The van der Waals surface area contributed by atoms with E-state index in [2.05, 4.69) is 4.98 Å². The summed E-state index contributed by atoms with van der Waals surface area (Å²) in [5.41, 5.74) is 4.20. The molecule has 6 heteroatoms. The van der Waals surface area contributed by atoms with E-state index < -0.39 is 5.97 Å². The van der Waals surface area contributed by atoms with E-state index in [4.69, 9.17) is 11.6 Å². The van der Waals surface area contributed by atoms with Crippen LogP contribution in [0.5, 0.6) is 0 Å². The molecule has 0 amide bonds. The molecular formula is C24H19ClN2O3. The number of aromatic nitrogens is 2. The highest BCUT2D eigenvalue weighted by molar-refractivity contribution is 6.30. The molecule has 30 heavy (non-hydrogen) atoms. The summed E-state index contributed by atoms with van der Waals surface area (Å²) in [6.45, 7) is 0.253. The zero-order valence-electron chi connectivity index (χ0n) is 16.0. The van der Waals surface area contributed by atoms with Gasteiger partial charge in [-0.25, -0.2) is 9.78 Å². The first-order chi connectivity index (χ1) is 14.6. The maximum atomic E-state index is 11.5. The maximum absolute atomic E-state index is 11.5. The second-order valence-electron chi connectivity index (χ2n) is 6.83. The van der Waals surface area contributed by atoms with Gasteiger partial charge >= 0.3 is 5.97 Å². The Kier molecular flexibility index (Phi) is 5.65. The van der Waals surface area contributed by atoms with Crippen molar-refractivity contribution in [2.75, 3.05) is 0 Å². The number of aliphatic hydroxyl groups excluding tert-OH is 1. The van der Waals surface area contributed by atoms with E-state index in [0.717, 1.165) is 16.7 Å². The van der Waals surface area contributed by atoms with Crippen molar-refractivity contribution in [2.24, 2.45) is 0 Å². The van der Waals surface area contributed by atoms with Crippen molar-refractivity contribution in [3.05, 3.63) is 101 Å². The van der Waals surface area contributed by atoms with Gasteiger partial charge in [0.15, 0.2) is 5.15 Å². The third kappa shape index (κ3) is 3.85. The van der Waals surface area contributed by atoms with Crippen LogP contribution in [-0.2, 0) is 13.2 Å². The summed E-state index contributed by atoms with van der Waals surface area (Å²) in [7, 11) is 0. The van der Waals surface area contributed by atoms with Crippen molar-refractivity contribution in [3.8, 4) is 22.5 Å². The van der Waals surface area contributed by atoms with Gasteiger partial charge in [0.25, 0.3) is 0 Å². The minimum atomic E-state index is -0.956. The van der Waals surface area contributed by atoms with Crippen molar-refractivity contribution in [3.63, 3.8) is 0 Å². The molecule has 0 bridgehead atoms. The lowest BCUT2D eigenvalue weighted by atomic mass is 9.99. The van der Waals surface area contributed by atoms with Crippen LogP contribution < -0.4 is 0 Å². The van der Waals surface area contributed by atoms with Crippen molar-refractivity contribution < 1.29 is 15.0 Å². The Morgan fingerprint density at radius 1 is 0.900 bits per heavy atom. The molecule has 0 aliphatic rings. The van der Waals surface area contributed by atoms with Crippen LogP contribution in [-0.4, -0.2) is 25.7 Å². The zero-order valence-corrected chi connectivity index (χ0v) is 16.8. The van der Waals surface area contributed by atoms with Gasteiger partial charge in [0.2, 0.25) is 0 Å². The quantitative estimate of drug-likeness (QED) is 0.456. The second kappa shape index (κ2) is 8.53. The van der Waals surface area contributed by atoms with Gasteiger partial charge in [0.1, 0.15) is 5.82 Å². The minimum absolute atomic E-state index is 0.220. The monoisotopic (exact) mass is 418 g/mol. The predicted molar refractivity (Wildman–Crippen MR) is 117 cm³/mol. The van der Waals surface area contributed by atoms with Crippen LogP contribution in [0.15, 0.2) is 78.9 Å². The van der Waals surface area contributed by atoms with Crippen molar-refractivity contribution in [1.29, 1.82) is 0 Å². The molecule has 0 aliphatic heterocycles. The van der Waals surface area contributed by atoms with Gasteiger partial charge in [-0.1, -0.05) is 84.4 Å². The first-order valence-corrected chi connectivity index (χ1v) is 9.79. The summed E-state index contributed by atoms with van der Waals surface area (Å²) in [6, 6.07) is 24.3. The van der Waals surface area contributed by atoms with Crippen molar-refractivity contribution >= 4 is 17.6 Å². The molecule has 5 nitrogen and oxygen atoms in total. The smallest absolute Gasteiger partial charge is 0.336 e. The van der Waals surface area contributed by atoms with Crippen LogP contribution in [0.3, 0.4) is 0 Å². The van der Waals surface area contributed by atoms with Crippen molar-refractivity contribution in [2.45, 2.75) is 13.2 Å². The van der Waals surface area contributed by atoms with E-state index in [1.807, 2.05) is 65.2 Å². The molecule has 0 unspecified atom stereocenters.